The molecule has 0 bridgehead atoms. The molecule has 0 aromatic carbocycles. The van der Waals surface area contributed by atoms with E-state index in [1.54, 1.807) is 6.07 Å². The van der Waals surface area contributed by atoms with Gasteiger partial charge in [0.05, 0.1) is 5.60 Å². The van der Waals surface area contributed by atoms with E-state index < -0.39 is 11.5 Å². The summed E-state index contributed by atoms with van der Waals surface area (Å²) in [6.07, 6.45) is 4.78. The van der Waals surface area contributed by atoms with Crippen molar-refractivity contribution in [2.75, 3.05) is 13.1 Å². The number of likely N-dealkylation sites (tertiary alicyclic amines) is 1. The highest BCUT2D eigenvalue weighted by Gasteiger charge is 2.39. The van der Waals surface area contributed by atoms with Crippen molar-refractivity contribution in [3.63, 3.8) is 0 Å². The maximum Gasteiger partial charge on any atom is 0.212 e. The number of rotatable bonds is 2. The van der Waals surface area contributed by atoms with Crippen LogP contribution in [-0.4, -0.2) is 40.2 Å². The first-order chi connectivity index (χ1) is 9.07. The van der Waals surface area contributed by atoms with Crippen molar-refractivity contribution >= 4 is 0 Å². The summed E-state index contributed by atoms with van der Waals surface area (Å²) in [6, 6.07) is 3.81. The third kappa shape index (κ3) is 2.50. The van der Waals surface area contributed by atoms with Gasteiger partial charge in [0.25, 0.3) is 0 Å². The first-order valence-corrected chi connectivity index (χ1v) is 6.91. The predicted octanol–water partition coefficient (Wildman–Crippen LogP) is 0.994. The molecule has 0 spiro atoms. The van der Waals surface area contributed by atoms with E-state index >= 15 is 0 Å². The Morgan fingerprint density at radius 2 is 2.00 bits per heavy atom. The van der Waals surface area contributed by atoms with Crippen molar-refractivity contribution < 1.29 is 9.50 Å². The highest BCUT2D eigenvalue weighted by Crippen LogP contribution is 2.39. The molecule has 2 fully saturated rings. The number of halogens is 1. The van der Waals surface area contributed by atoms with Crippen LogP contribution in [0.5, 0.6) is 0 Å². The maximum atomic E-state index is 12.8. The van der Waals surface area contributed by atoms with Gasteiger partial charge in [-0.3, -0.25) is 4.90 Å². The fourth-order valence-electron chi connectivity index (χ4n) is 3.23. The van der Waals surface area contributed by atoms with Gasteiger partial charge >= 0.3 is 0 Å². The van der Waals surface area contributed by atoms with E-state index in [0.29, 0.717) is 24.9 Å². The van der Waals surface area contributed by atoms with Gasteiger partial charge in [-0.25, -0.2) is 4.98 Å². The summed E-state index contributed by atoms with van der Waals surface area (Å²) in [5, 5.41) is 10.7. The van der Waals surface area contributed by atoms with Gasteiger partial charge in [-0.1, -0.05) is 6.07 Å². The van der Waals surface area contributed by atoms with Crippen LogP contribution in [0.3, 0.4) is 0 Å². The molecule has 0 atom stereocenters. The Bertz CT molecular complexity index is 437. The monoisotopic (exact) mass is 265 g/mol. The number of hydrogen-bond donors (Lipinski definition) is 2. The van der Waals surface area contributed by atoms with Gasteiger partial charge < -0.3 is 10.8 Å². The largest absolute Gasteiger partial charge is 0.385 e. The second-order valence-electron chi connectivity index (χ2n) is 5.85. The van der Waals surface area contributed by atoms with E-state index in [1.165, 1.54) is 12.3 Å². The standard InChI is InChI=1S/C14H20FN3O/c15-13-2-1-10(7-17-13)14(19)5-3-12(4-6-14)18-8-11(16)9-18/h1-2,7,11-12,19H,3-6,8-9,16H2. The molecule has 1 aromatic heterocycles. The summed E-state index contributed by atoms with van der Waals surface area (Å²) in [5.41, 5.74) is 5.69. The van der Waals surface area contributed by atoms with Crippen LogP contribution < -0.4 is 5.73 Å². The minimum absolute atomic E-state index is 0.321. The number of pyridine rings is 1. The summed E-state index contributed by atoms with van der Waals surface area (Å²) in [5.74, 6) is -0.504. The van der Waals surface area contributed by atoms with E-state index in [9.17, 15) is 9.50 Å². The van der Waals surface area contributed by atoms with Crippen LogP contribution in [0.1, 0.15) is 31.2 Å². The van der Waals surface area contributed by atoms with E-state index in [0.717, 1.165) is 31.5 Å². The number of aliphatic hydroxyl groups is 1. The van der Waals surface area contributed by atoms with Crippen LogP contribution >= 0.6 is 0 Å². The van der Waals surface area contributed by atoms with Gasteiger partial charge in [0, 0.05) is 36.9 Å². The summed E-state index contributed by atoms with van der Waals surface area (Å²) >= 11 is 0. The van der Waals surface area contributed by atoms with Gasteiger partial charge in [-0.2, -0.15) is 4.39 Å². The van der Waals surface area contributed by atoms with Gasteiger partial charge in [0.15, 0.2) is 0 Å². The van der Waals surface area contributed by atoms with E-state index in [4.69, 9.17) is 5.73 Å². The molecule has 2 aliphatic rings. The quantitative estimate of drug-likeness (QED) is 0.783. The van der Waals surface area contributed by atoms with Crippen molar-refractivity contribution in [2.24, 2.45) is 5.73 Å². The van der Waals surface area contributed by atoms with Crippen LogP contribution in [-0.2, 0) is 5.60 Å². The summed E-state index contributed by atoms with van der Waals surface area (Å²) in [4.78, 5) is 6.03. The minimum Gasteiger partial charge on any atom is -0.385 e. The Labute approximate surface area is 112 Å². The molecule has 1 aliphatic carbocycles. The molecule has 4 nitrogen and oxygen atoms in total. The highest BCUT2D eigenvalue weighted by molar-refractivity contribution is 5.19. The normalized spacial score (nSPS) is 33.1. The Kier molecular flexibility index (Phi) is 3.28. The first kappa shape index (κ1) is 13.0. The first-order valence-electron chi connectivity index (χ1n) is 6.91. The van der Waals surface area contributed by atoms with Gasteiger partial charge in [0.2, 0.25) is 5.95 Å². The lowest BCUT2D eigenvalue weighted by Gasteiger charge is -2.47. The van der Waals surface area contributed by atoms with Gasteiger partial charge in [-0.05, 0) is 31.7 Å². The molecule has 1 aromatic rings. The van der Waals surface area contributed by atoms with Crippen LogP contribution in [0.25, 0.3) is 0 Å². The number of aromatic nitrogens is 1. The zero-order valence-corrected chi connectivity index (χ0v) is 10.9. The van der Waals surface area contributed by atoms with E-state index in [2.05, 4.69) is 9.88 Å². The van der Waals surface area contributed by atoms with Gasteiger partial charge in [-0.15, -0.1) is 0 Å². The lowest BCUT2D eigenvalue weighted by molar-refractivity contribution is -0.0378. The molecule has 104 valence electrons. The lowest BCUT2D eigenvalue weighted by atomic mass is 9.77. The second-order valence-corrected chi connectivity index (χ2v) is 5.85. The number of nitrogens with zero attached hydrogens (tertiary/aromatic N) is 2. The Morgan fingerprint density at radius 1 is 1.32 bits per heavy atom. The van der Waals surface area contributed by atoms with Crippen LogP contribution in [0.15, 0.2) is 18.3 Å². The zero-order chi connectivity index (χ0) is 13.5. The lowest BCUT2D eigenvalue weighted by Crippen LogP contribution is -2.60. The SMILES string of the molecule is NC1CN(C2CCC(O)(c3ccc(F)nc3)CC2)C1. The molecular weight excluding hydrogens is 245 g/mol. The average molecular weight is 265 g/mol. The molecule has 19 heavy (non-hydrogen) atoms. The Balaban J connectivity index is 1.63. The maximum absolute atomic E-state index is 12.8. The van der Waals surface area contributed by atoms with Crippen LogP contribution in [0.4, 0.5) is 4.39 Å². The average Bonchev–Trinajstić information content (AvgIpc) is 2.37. The van der Waals surface area contributed by atoms with Crippen molar-refractivity contribution in [1.29, 1.82) is 0 Å². The van der Waals surface area contributed by atoms with Crippen molar-refractivity contribution in [3.05, 3.63) is 29.8 Å². The zero-order valence-electron chi connectivity index (χ0n) is 10.9. The molecule has 1 saturated carbocycles. The molecular formula is C14H20FN3O. The second kappa shape index (κ2) is 4.81. The highest BCUT2D eigenvalue weighted by atomic mass is 19.1. The third-order valence-electron chi connectivity index (χ3n) is 4.50. The molecule has 2 heterocycles. The summed E-state index contributed by atoms with van der Waals surface area (Å²) < 4.78 is 12.8. The summed E-state index contributed by atoms with van der Waals surface area (Å²) in [7, 11) is 0. The Hall–Kier alpha value is -1.04. The molecule has 0 unspecified atom stereocenters. The topological polar surface area (TPSA) is 62.4 Å². The minimum atomic E-state index is -0.843. The molecule has 0 radical (unpaired) electrons. The fraction of sp³-hybridized carbons (Fsp3) is 0.643. The van der Waals surface area contributed by atoms with Crippen molar-refractivity contribution in [2.45, 2.75) is 43.4 Å². The molecule has 3 N–H and O–H groups in total. The molecule has 1 saturated heterocycles. The van der Waals surface area contributed by atoms with Crippen LogP contribution in [0.2, 0.25) is 0 Å². The third-order valence-corrected chi connectivity index (χ3v) is 4.50. The van der Waals surface area contributed by atoms with Crippen molar-refractivity contribution in [1.82, 2.24) is 9.88 Å². The fourth-order valence-corrected chi connectivity index (χ4v) is 3.23. The number of hydrogen-bond acceptors (Lipinski definition) is 4. The summed E-state index contributed by atoms with van der Waals surface area (Å²) in [6.45, 7) is 1.95. The van der Waals surface area contributed by atoms with Crippen molar-refractivity contribution in [3.8, 4) is 0 Å². The smallest absolute Gasteiger partial charge is 0.212 e. The molecule has 5 heteroatoms. The van der Waals surface area contributed by atoms with E-state index in [-0.39, 0.29) is 0 Å². The van der Waals surface area contributed by atoms with E-state index in [1.807, 2.05) is 0 Å². The predicted molar refractivity (Wildman–Crippen MR) is 69.9 cm³/mol. The molecule has 3 rings (SSSR count). The van der Waals surface area contributed by atoms with Crippen LogP contribution in [0, 0.1) is 5.95 Å². The Morgan fingerprint density at radius 3 is 2.53 bits per heavy atom. The molecule has 1 aliphatic heterocycles. The molecule has 0 amide bonds. The number of nitrogens with two attached hydrogens (primary N) is 1. The van der Waals surface area contributed by atoms with Gasteiger partial charge in [0.1, 0.15) is 0 Å².